The lowest BCUT2D eigenvalue weighted by molar-refractivity contribution is -0.384. The molecular weight excluding hydrogens is 238 g/mol. The smallest absolute Gasteiger partial charge is 0.269 e. The number of nitro groups is 1. The van der Waals surface area contributed by atoms with Crippen molar-refractivity contribution in [2.75, 3.05) is 19.8 Å². The average molecular weight is 255 g/mol. The zero-order valence-corrected chi connectivity index (χ0v) is 10.5. The summed E-state index contributed by atoms with van der Waals surface area (Å²) in [5, 5.41) is 10.5. The molecule has 1 rings (SSSR count). The standard InChI is InChI=1S/C12H17NO5/c1-3-16-12(17-4-2)9-18-11-7-5-10(6-8-11)13(14)15/h5-8,12H,3-4,9H2,1-2H3. The van der Waals surface area contributed by atoms with Crippen molar-refractivity contribution in [2.24, 2.45) is 0 Å². The van der Waals surface area contributed by atoms with Crippen molar-refractivity contribution in [1.29, 1.82) is 0 Å². The first-order valence-corrected chi connectivity index (χ1v) is 5.77. The van der Waals surface area contributed by atoms with Crippen molar-refractivity contribution in [3.05, 3.63) is 34.4 Å². The van der Waals surface area contributed by atoms with Crippen LogP contribution < -0.4 is 4.74 Å². The van der Waals surface area contributed by atoms with Crippen LogP contribution in [0.3, 0.4) is 0 Å². The van der Waals surface area contributed by atoms with Gasteiger partial charge in [-0.05, 0) is 26.0 Å². The highest BCUT2D eigenvalue weighted by atomic mass is 16.7. The molecule has 0 unspecified atom stereocenters. The summed E-state index contributed by atoms with van der Waals surface area (Å²) in [6.45, 7) is 5.07. The summed E-state index contributed by atoms with van der Waals surface area (Å²) in [6.07, 6.45) is -0.421. The highest BCUT2D eigenvalue weighted by molar-refractivity contribution is 5.35. The second kappa shape index (κ2) is 7.62. The van der Waals surface area contributed by atoms with E-state index in [0.29, 0.717) is 19.0 Å². The minimum absolute atomic E-state index is 0.0357. The van der Waals surface area contributed by atoms with Crippen molar-refractivity contribution in [3.63, 3.8) is 0 Å². The Labute approximate surface area is 106 Å². The van der Waals surface area contributed by atoms with Crippen LogP contribution >= 0.6 is 0 Å². The number of hydrogen-bond acceptors (Lipinski definition) is 5. The normalized spacial score (nSPS) is 10.6. The monoisotopic (exact) mass is 255 g/mol. The number of hydrogen-bond donors (Lipinski definition) is 0. The molecule has 6 heteroatoms. The third-order valence-corrected chi connectivity index (χ3v) is 2.14. The number of rotatable bonds is 8. The van der Waals surface area contributed by atoms with Crippen molar-refractivity contribution < 1.29 is 19.1 Å². The molecule has 0 aliphatic rings. The van der Waals surface area contributed by atoms with E-state index in [1.54, 1.807) is 12.1 Å². The molecule has 100 valence electrons. The van der Waals surface area contributed by atoms with Crippen molar-refractivity contribution in [3.8, 4) is 5.75 Å². The van der Waals surface area contributed by atoms with E-state index in [4.69, 9.17) is 14.2 Å². The summed E-state index contributed by atoms with van der Waals surface area (Å²) < 4.78 is 16.1. The van der Waals surface area contributed by atoms with E-state index < -0.39 is 11.2 Å². The van der Waals surface area contributed by atoms with Crippen molar-refractivity contribution in [2.45, 2.75) is 20.1 Å². The van der Waals surface area contributed by atoms with Gasteiger partial charge >= 0.3 is 0 Å². The Morgan fingerprint density at radius 1 is 1.17 bits per heavy atom. The van der Waals surface area contributed by atoms with Gasteiger partial charge in [-0.25, -0.2) is 0 Å². The maximum atomic E-state index is 10.5. The highest BCUT2D eigenvalue weighted by Crippen LogP contribution is 2.17. The fourth-order valence-electron chi connectivity index (χ4n) is 1.34. The molecule has 1 aromatic carbocycles. The molecule has 0 radical (unpaired) electrons. The fourth-order valence-corrected chi connectivity index (χ4v) is 1.34. The van der Waals surface area contributed by atoms with E-state index >= 15 is 0 Å². The van der Waals surface area contributed by atoms with Crippen molar-refractivity contribution >= 4 is 5.69 Å². The van der Waals surface area contributed by atoms with Crippen LogP contribution in [0.4, 0.5) is 5.69 Å². The Kier molecular flexibility index (Phi) is 6.10. The molecule has 0 spiro atoms. The lowest BCUT2D eigenvalue weighted by atomic mass is 10.3. The Morgan fingerprint density at radius 2 is 1.72 bits per heavy atom. The summed E-state index contributed by atoms with van der Waals surface area (Å²) in [7, 11) is 0. The molecule has 6 nitrogen and oxygen atoms in total. The molecular formula is C12H17NO5. The maximum absolute atomic E-state index is 10.5. The zero-order valence-electron chi connectivity index (χ0n) is 10.5. The Morgan fingerprint density at radius 3 is 2.17 bits per heavy atom. The average Bonchev–Trinajstić information content (AvgIpc) is 2.37. The van der Waals surface area contributed by atoms with Gasteiger partial charge in [-0.3, -0.25) is 10.1 Å². The second-order valence-corrected chi connectivity index (χ2v) is 3.40. The fraction of sp³-hybridized carbons (Fsp3) is 0.500. The summed E-state index contributed by atoms with van der Waals surface area (Å²) in [6, 6.07) is 5.89. The molecule has 0 aliphatic heterocycles. The first kappa shape index (κ1) is 14.4. The Hall–Kier alpha value is -1.66. The molecule has 0 atom stereocenters. The van der Waals surface area contributed by atoms with E-state index in [9.17, 15) is 10.1 Å². The molecule has 0 N–H and O–H groups in total. The van der Waals surface area contributed by atoms with Gasteiger partial charge in [0, 0.05) is 25.3 Å². The topological polar surface area (TPSA) is 70.8 Å². The summed E-state index contributed by atoms with van der Waals surface area (Å²) >= 11 is 0. The molecule has 0 bridgehead atoms. The van der Waals surface area contributed by atoms with Crippen molar-refractivity contribution in [1.82, 2.24) is 0 Å². The second-order valence-electron chi connectivity index (χ2n) is 3.40. The van der Waals surface area contributed by atoms with E-state index in [1.807, 2.05) is 13.8 Å². The molecule has 0 heterocycles. The van der Waals surface area contributed by atoms with Crippen LogP contribution in [0.1, 0.15) is 13.8 Å². The highest BCUT2D eigenvalue weighted by Gasteiger charge is 2.10. The molecule has 0 aromatic heterocycles. The van der Waals surface area contributed by atoms with Crippen LogP contribution in [0, 0.1) is 10.1 Å². The van der Waals surface area contributed by atoms with E-state index in [0.717, 1.165) is 0 Å². The van der Waals surface area contributed by atoms with Gasteiger partial charge in [0.2, 0.25) is 0 Å². The predicted molar refractivity (Wildman–Crippen MR) is 65.6 cm³/mol. The van der Waals surface area contributed by atoms with Crippen LogP contribution in [-0.2, 0) is 9.47 Å². The summed E-state index contributed by atoms with van der Waals surface area (Å²) in [5.74, 6) is 0.546. The molecule has 0 saturated carbocycles. The van der Waals surface area contributed by atoms with Gasteiger partial charge in [-0.2, -0.15) is 0 Å². The molecule has 0 amide bonds. The van der Waals surface area contributed by atoms with E-state index in [2.05, 4.69) is 0 Å². The minimum atomic E-state index is -0.451. The molecule has 0 aliphatic carbocycles. The van der Waals surface area contributed by atoms with Gasteiger partial charge in [0.05, 0.1) is 4.92 Å². The molecule has 0 fully saturated rings. The zero-order chi connectivity index (χ0) is 13.4. The third-order valence-electron chi connectivity index (χ3n) is 2.14. The SMILES string of the molecule is CCOC(COc1ccc([N+](=O)[O-])cc1)OCC. The number of benzene rings is 1. The number of ether oxygens (including phenoxy) is 3. The van der Waals surface area contributed by atoms with E-state index in [-0.39, 0.29) is 12.3 Å². The largest absolute Gasteiger partial charge is 0.488 e. The first-order chi connectivity index (χ1) is 8.67. The maximum Gasteiger partial charge on any atom is 0.269 e. The Bertz CT molecular complexity index is 359. The van der Waals surface area contributed by atoms with Crippen LogP contribution in [-0.4, -0.2) is 31.0 Å². The number of nitro benzene ring substituents is 1. The predicted octanol–water partition coefficient (Wildman–Crippen LogP) is 2.37. The number of non-ortho nitro benzene ring substituents is 1. The van der Waals surface area contributed by atoms with Gasteiger partial charge in [-0.1, -0.05) is 0 Å². The molecule has 0 saturated heterocycles. The van der Waals surface area contributed by atoms with Gasteiger partial charge < -0.3 is 14.2 Å². The summed E-state index contributed by atoms with van der Waals surface area (Å²) in [5.41, 5.74) is 0.0357. The Balaban J connectivity index is 2.48. The van der Waals surface area contributed by atoms with E-state index in [1.165, 1.54) is 12.1 Å². The van der Waals surface area contributed by atoms with Crippen LogP contribution in [0.25, 0.3) is 0 Å². The minimum Gasteiger partial charge on any atom is -0.488 e. The summed E-state index contributed by atoms with van der Waals surface area (Å²) in [4.78, 5) is 10.0. The lowest BCUT2D eigenvalue weighted by Crippen LogP contribution is -2.25. The van der Waals surface area contributed by atoms with Gasteiger partial charge in [0.1, 0.15) is 12.4 Å². The first-order valence-electron chi connectivity index (χ1n) is 5.77. The number of nitrogens with zero attached hydrogens (tertiary/aromatic N) is 1. The molecule has 1 aromatic rings. The molecule has 18 heavy (non-hydrogen) atoms. The van der Waals surface area contributed by atoms with Gasteiger partial charge in [0.25, 0.3) is 5.69 Å². The van der Waals surface area contributed by atoms with Crippen LogP contribution in [0.5, 0.6) is 5.75 Å². The van der Waals surface area contributed by atoms with Crippen LogP contribution in [0.15, 0.2) is 24.3 Å². The lowest BCUT2D eigenvalue weighted by Gasteiger charge is -2.17. The van der Waals surface area contributed by atoms with Gasteiger partial charge in [-0.15, -0.1) is 0 Å². The third kappa shape index (κ3) is 4.68. The van der Waals surface area contributed by atoms with Gasteiger partial charge in [0.15, 0.2) is 6.29 Å². The van der Waals surface area contributed by atoms with Crippen LogP contribution in [0.2, 0.25) is 0 Å². The quantitative estimate of drug-likeness (QED) is 0.405.